The highest BCUT2D eigenvalue weighted by molar-refractivity contribution is 5.76. The van der Waals surface area contributed by atoms with E-state index < -0.39 is 165 Å². The first-order valence-corrected chi connectivity index (χ1v) is 25.0. The summed E-state index contributed by atoms with van der Waals surface area (Å²) in [6.45, 7) is 10.7. The van der Waals surface area contributed by atoms with Crippen LogP contribution < -0.4 is 5.73 Å². The number of carbonyl (C=O) groups is 3. The molecule has 20 heteroatoms. The number of ether oxygens (including phenoxy) is 6. The maximum absolute atomic E-state index is 13.7. The van der Waals surface area contributed by atoms with Crippen LogP contribution in [0.3, 0.4) is 0 Å². The minimum atomic E-state index is -2.38. The number of hydrogen-bond donors (Lipinski definition) is 11. The molecule has 0 aromatic carbocycles. The van der Waals surface area contributed by atoms with Crippen LogP contribution in [0.25, 0.3) is 0 Å². The smallest absolute Gasteiger partial charge is 0.317 e. The molecule has 0 saturated carbocycles. The molecule has 0 unspecified atom stereocenters. The van der Waals surface area contributed by atoms with Gasteiger partial charge in [-0.05, 0) is 53.9 Å². The van der Waals surface area contributed by atoms with Gasteiger partial charge in [0.05, 0.1) is 85.0 Å². The van der Waals surface area contributed by atoms with E-state index in [-0.39, 0.29) is 31.6 Å². The second-order valence-electron chi connectivity index (χ2n) is 20.5. The fourth-order valence-electron chi connectivity index (χ4n) is 8.41. The van der Waals surface area contributed by atoms with Crippen molar-refractivity contribution in [1.82, 2.24) is 0 Å². The average molecular weight is 1040 g/mol. The normalized spacial score (nSPS) is 41.9. The monoisotopic (exact) mass is 1040 g/mol. The highest BCUT2D eigenvalue weighted by Gasteiger charge is 2.51. The zero-order chi connectivity index (χ0) is 54.6. The lowest BCUT2D eigenvalue weighted by Gasteiger charge is -2.45. The van der Waals surface area contributed by atoms with Crippen molar-refractivity contribution in [2.45, 2.75) is 197 Å². The van der Waals surface area contributed by atoms with E-state index in [1.165, 1.54) is 13.0 Å². The molecule has 414 valence electrons. The molecule has 0 radical (unpaired) electrons. The molecule has 0 aliphatic carbocycles. The number of allylic oxidation sites excluding steroid dienone is 12. The molecule has 0 amide bonds. The van der Waals surface area contributed by atoms with Crippen LogP contribution in [0, 0.1) is 23.2 Å². The average Bonchev–Trinajstić information content (AvgIpc) is 3.29. The van der Waals surface area contributed by atoms with Gasteiger partial charge in [0.15, 0.2) is 12.1 Å². The van der Waals surface area contributed by atoms with Crippen LogP contribution in [0.5, 0.6) is 0 Å². The van der Waals surface area contributed by atoms with Gasteiger partial charge in [0.2, 0.25) is 6.79 Å². The number of nitrogens with two attached hydrogens (primary N) is 1. The summed E-state index contributed by atoms with van der Waals surface area (Å²) in [5, 5.41) is 110. The summed E-state index contributed by atoms with van der Waals surface area (Å²) < 4.78 is 34.0. The van der Waals surface area contributed by atoms with E-state index in [1.807, 2.05) is 13.0 Å². The molecule has 3 heterocycles. The van der Waals surface area contributed by atoms with Crippen molar-refractivity contribution >= 4 is 17.9 Å². The minimum Gasteiger partial charge on any atom is -0.462 e. The van der Waals surface area contributed by atoms with Gasteiger partial charge in [-0.2, -0.15) is 0 Å². The van der Waals surface area contributed by atoms with Crippen molar-refractivity contribution in [1.29, 1.82) is 0 Å². The molecule has 0 aromatic heterocycles. The maximum atomic E-state index is 13.7. The molecule has 3 aliphatic rings. The molecular weight excluding hydrogens is 955 g/mol. The van der Waals surface area contributed by atoms with Crippen LogP contribution in [0.15, 0.2) is 85.1 Å². The van der Waals surface area contributed by atoms with Crippen LogP contribution in [-0.4, -0.2) is 173 Å². The van der Waals surface area contributed by atoms with Gasteiger partial charge in [-0.1, -0.05) is 98.9 Å². The van der Waals surface area contributed by atoms with Crippen molar-refractivity contribution < 1.29 is 93.9 Å². The number of rotatable bonds is 5. The summed E-state index contributed by atoms with van der Waals surface area (Å²) in [4.78, 5) is 38.8. The van der Waals surface area contributed by atoms with Gasteiger partial charge in [0.1, 0.15) is 18.1 Å². The van der Waals surface area contributed by atoms with E-state index in [1.54, 1.807) is 108 Å². The zero-order valence-electron chi connectivity index (χ0n) is 43.1. The SMILES string of the molecule is C[C@@H]1[C@H](O)[C@@H](C)/C=C/C=C/C=C/C=C/C=C/C=C/C=C/[C@H](O[C@@H]2O[C@H](C)[C@@H](O)[C@H](N)[C@@H]2O)C[C@@H]2O[C@](O)(C[C@@H](O)C[C@@H](O)[C@H](O)CC[C@@H](O)C[C@@H](O)CC(=O)O[C@H]1C)C[C@H](O)[C@H]2C(=O)OCOC(=O)C(C)(C)C. The van der Waals surface area contributed by atoms with Gasteiger partial charge < -0.3 is 85.2 Å². The molecule has 2 fully saturated rings. The lowest BCUT2D eigenvalue weighted by atomic mass is 9.82. The van der Waals surface area contributed by atoms with Gasteiger partial charge >= 0.3 is 17.9 Å². The first-order chi connectivity index (χ1) is 34.2. The predicted octanol–water partition coefficient (Wildman–Crippen LogP) is 1.72. The van der Waals surface area contributed by atoms with Crippen molar-refractivity contribution in [3.63, 3.8) is 0 Å². The third-order valence-electron chi connectivity index (χ3n) is 13.0. The van der Waals surface area contributed by atoms with Crippen molar-refractivity contribution in [3.8, 4) is 0 Å². The Hall–Kier alpha value is -3.97. The Morgan fingerprint density at radius 2 is 1.25 bits per heavy atom. The topological polar surface area (TPSA) is 335 Å². The predicted molar refractivity (Wildman–Crippen MR) is 266 cm³/mol. The Morgan fingerprint density at radius 3 is 1.84 bits per heavy atom. The van der Waals surface area contributed by atoms with E-state index in [2.05, 4.69) is 0 Å². The molecule has 3 aliphatic heterocycles. The van der Waals surface area contributed by atoms with E-state index in [0.29, 0.717) is 0 Å². The summed E-state index contributed by atoms with van der Waals surface area (Å²) in [5.41, 5.74) is 5.16. The van der Waals surface area contributed by atoms with Crippen molar-refractivity contribution in [3.05, 3.63) is 85.1 Å². The highest BCUT2D eigenvalue weighted by Crippen LogP contribution is 2.39. The largest absolute Gasteiger partial charge is 0.462 e. The number of esters is 3. The Bertz CT molecular complexity index is 1910. The highest BCUT2D eigenvalue weighted by atomic mass is 16.7. The number of aliphatic hydroxyl groups is 10. The Labute approximate surface area is 428 Å². The van der Waals surface area contributed by atoms with Crippen LogP contribution in [-0.2, 0) is 42.8 Å². The van der Waals surface area contributed by atoms with Gasteiger partial charge in [-0.25, -0.2) is 0 Å². The summed E-state index contributed by atoms with van der Waals surface area (Å²) in [6.07, 6.45) is 2.89. The molecule has 19 atom stereocenters. The number of carbonyl (C=O) groups excluding carboxylic acids is 3. The Balaban J connectivity index is 1.95. The first-order valence-electron chi connectivity index (χ1n) is 25.0. The van der Waals surface area contributed by atoms with Crippen molar-refractivity contribution in [2.24, 2.45) is 28.9 Å². The van der Waals surface area contributed by atoms with Crippen molar-refractivity contribution in [2.75, 3.05) is 6.79 Å². The first kappa shape index (κ1) is 63.3. The minimum absolute atomic E-state index is 0.125. The number of hydrogen-bond acceptors (Lipinski definition) is 20. The number of aliphatic hydroxyl groups excluding tert-OH is 9. The van der Waals surface area contributed by atoms with E-state index in [0.717, 1.165) is 0 Å². The molecule has 20 nitrogen and oxygen atoms in total. The summed E-state index contributed by atoms with van der Waals surface area (Å²) in [5.74, 6) is -7.19. The van der Waals surface area contributed by atoms with Crippen LogP contribution in [0.4, 0.5) is 0 Å². The molecule has 12 N–H and O–H groups in total. The molecule has 0 aromatic rings. The Kier molecular flexibility index (Phi) is 26.5. The van der Waals surface area contributed by atoms with Crippen LogP contribution >= 0.6 is 0 Å². The molecule has 73 heavy (non-hydrogen) atoms. The maximum Gasteiger partial charge on any atom is 0.317 e. The Morgan fingerprint density at radius 1 is 0.671 bits per heavy atom. The second kappa shape index (κ2) is 30.5. The fraction of sp³-hybridized carbons (Fsp3) is 0.679. The van der Waals surface area contributed by atoms with Gasteiger partial charge in [-0.3, -0.25) is 14.4 Å². The van der Waals surface area contributed by atoms with Gasteiger partial charge in [0.25, 0.3) is 0 Å². The lowest BCUT2D eigenvalue weighted by molar-refractivity contribution is -0.309. The second-order valence-corrected chi connectivity index (χ2v) is 20.5. The molecule has 2 saturated heterocycles. The van der Waals surface area contributed by atoms with Gasteiger partial charge in [0, 0.05) is 37.5 Å². The molecule has 3 rings (SSSR count). The quantitative estimate of drug-likeness (QED) is 0.138. The van der Waals surface area contributed by atoms with E-state index in [9.17, 15) is 65.4 Å². The van der Waals surface area contributed by atoms with Crippen LogP contribution in [0.1, 0.15) is 99.8 Å². The van der Waals surface area contributed by atoms with E-state index in [4.69, 9.17) is 34.2 Å². The molecule has 0 spiro atoms. The third kappa shape index (κ3) is 21.7. The number of cyclic esters (lactones) is 1. The molecular formula is C53H83NO19. The summed E-state index contributed by atoms with van der Waals surface area (Å²) in [6, 6.07) is -1.18. The fourth-order valence-corrected chi connectivity index (χ4v) is 8.41. The number of fused-ring (bicyclic) bond motifs is 2. The standard InChI is InChI=1S/C53H83NO19/c1-31-20-18-16-14-12-10-8-9-11-13-15-17-19-21-38(72-50-48(64)45(54)47(63)34(4)71-50)27-42-44(49(65)68-30-69-51(66)52(5,6)7)41(60)29-53(67,73-42)28-37(57)25-40(59)39(58)23-22-35(55)24-36(56)26-43(61)70-33(3)32(2)46(31)62/h8-21,31-42,44-48,50,55-60,62-64,67H,22-30,54H2,1-7H3/b9-8+,12-10+,13-11+,16-14+,17-15+,20-18+,21-19+/t31-,32-,33-,34+,35+,36+,37-,38-,39+,40+,41-,42-,44+,45-,46+,47+,48-,50-,53+/m0/s1. The zero-order valence-corrected chi connectivity index (χ0v) is 43.1. The van der Waals surface area contributed by atoms with Gasteiger partial charge in [-0.15, -0.1) is 0 Å². The van der Waals surface area contributed by atoms with Crippen LogP contribution in [0.2, 0.25) is 0 Å². The summed E-state index contributed by atoms with van der Waals surface area (Å²) in [7, 11) is 0. The lowest BCUT2D eigenvalue weighted by Crippen LogP contribution is -2.61. The third-order valence-corrected chi connectivity index (χ3v) is 13.0. The van der Waals surface area contributed by atoms with E-state index >= 15 is 0 Å². The molecule has 2 bridgehead atoms. The summed E-state index contributed by atoms with van der Waals surface area (Å²) >= 11 is 0.